The highest BCUT2D eigenvalue weighted by Gasteiger charge is 2.22. The van der Waals surface area contributed by atoms with Gasteiger partial charge in [-0.2, -0.15) is 0 Å². The number of benzene rings is 1. The van der Waals surface area contributed by atoms with Gasteiger partial charge in [-0.15, -0.1) is 0 Å². The molecule has 0 fully saturated rings. The predicted molar refractivity (Wildman–Crippen MR) is 80.2 cm³/mol. The zero-order chi connectivity index (χ0) is 15.5. The van der Waals surface area contributed by atoms with Crippen LogP contribution in [0.15, 0.2) is 29.2 Å². The van der Waals surface area contributed by atoms with Gasteiger partial charge in [-0.25, -0.2) is 13.1 Å². The highest BCUT2D eigenvalue weighted by molar-refractivity contribution is 7.89. The molecule has 0 amide bonds. The molecule has 1 N–H and O–H groups in total. The quantitative estimate of drug-likeness (QED) is 0.878. The third kappa shape index (κ3) is 4.15. The molecule has 0 saturated carbocycles. The maximum absolute atomic E-state index is 12.0. The monoisotopic (exact) mass is 297 g/mol. The molecule has 0 aliphatic heterocycles. The third-order valence-corrected chi connectivity index (χ3v) is 4.72. The maximum atomic E-state index is 12.0. The van der Waals surface area contributed by atoms with Crippen molar-refractivity contribution in [2.24, 2.45) is 5.92 Å². The molecule has 0 bridgehead atoms. The predicted octanol–water partition coefficient (Wildman–Crippen LogP) is 2.70. The molecule has 0 heterocycles. The molecule has 0 spiro atoms. The van der Waals surface area contributed by atoms with Crippen molar-refractivity contribution in [1.29, 1.82) is 0 Å². The van der Waals surface area contributed by atoms with Gasteiger partial charge in [0.25, 0.3) is 0 Å². The number of nitrogens with one attached hydrogen (secondary N) is 1. The molecule has 5 heteroatoms. The first-order chi connectivity index (χ1) is 9.15. The Morgan fingerprint density at radius 2 is 1.55 bits per heavy atom. The van der Waals surface area contributed by atoms with E-state index in [1.165, 1.54) is 0 Å². The summed E-state index contributed by atoms with van der Waals surface area (Å²) < 4.78 is 26.6. The zero-order valence-corrected chi connectivity index (χ0v) is 13.5. The van der Waals surface area contributed by atoms with Gasteiger partial charge >= 0.3 is 0 Å². The van der Waals surface area contributed by atoms with Gasteiger partial charge in [-0.3, -0.25) is 4.79 Å². The Morgan fingerprint density at radius 1 is 1.05 bits per heavy atom. The second-order valence-electron chi connectivity index (χ2n) is 5.68. The molecule has 1 rings (SSSR count). The van der Waals surface area contributed by atoms with Crippen LogP contribution in [0.3, 0.4) is 0 Å². The summed E-state index contributed by atoms with van der Waals surface area (Å²) in [5.74, 6) is 0.0875. The van der Waals surface area contributed by atoms with Gasteiger partial charge in [-0.05, 0) is 44.4 Å². The van der Waals surface area contributed by atoms with Gasteiger partial charge in [0.1, 0.15) is 5.78 Å². The molecule has 1 atom stereocenters. The van der Waals surface area contributed by atoms with E-state index in [0.29, 0.717) is 0 Å². The summed E-state index contributed by atoms with van der Waals surface area (Å²) in [5, 5.41) is 0. The van der Waals surface area contributed by atoms with Crippen LogP contribution in [0.1, 0.15) is 46.1 Å². The molecule has 1 unspecified atom stereocenters. The van der Waals surface area contributed by atoms with Crippen LogP contribution in [0.4, 0.5) is 0 Å². The second-order valence-corrected chi connectivity index (χ2v) is 7.39. The highest BCUT2D eigenvalue weighted by Crippen LogP contribution is 2.26. The fourth-order valence-corrected chi connectivity index (χ4v) is 3.57. The van der Waals surface area contributed by atoms with Crippen molar-refractivity contribution >= 4 is 15.8 Å². The molecule has 0 aliphatic rings. The second kappa shape index (κ2) is 6.50. The normalized spacial score (nSPS) is 13.8. The Balaban J connectivity index is 3.08. The van der Waals surface area contributed by atoms with Gasteiger partial charge < -0.3 is 0 Å². The minimum absolute atomic E-state index is 0.0934. The van der Waals surface area contributed by atoms with E-state index in [1.54, 1.807) is 45.0 Å². The van der Waals surface area contributed by atoms with Crippen molar-refractivity contribution in [2.75, 3.05) is 0 Å². The fourth-order valence-electron chi connectivity index (χ4n) is 2.32. The van der Waals surface area contributed by atoms with Crippen LogP contribution in [-0.2, 0) is 14.8 Å². The van der Waals surface area contributed by atoms with Gasteiger partial charge in [0.2, 0.25) is 10.0 Å². The number of carbonyl (C=O) groups is 1. The van der Waals surface area contributed by atoms with E-state index in [9.17, 15) is 13.2 Å². The summed E-state index contributed by atoms with van der Waals surface area (Å²) in [7, 11) is -3.48. The minimum atomic E-state index is -3.48. The summed E-state index contributed by atoms with van der Waals surface area (Å²) in [6.45, 7) is 9.08. The molecular formula is C15H23NO3S. The molecule has 0 aromatic heterocycles. The van der Waals surface area contributed by atoms with Crippen LogP contribution >= 0.6 is 0 Å². The smallest absolute Gasteiger partial charge is 0.240 e. The van der Waals surface area contributed by atoms with Crippen LogP contribution in [0.25, 0.3) is 0 Å². The van der Waals surface area contributed by atoms with E-state index in [2.05, 4.69) is 4.72 Å². The van der Waals surface area contributed by atoms with Crippen molar-refractivity contribution in [3.05, 3.63) is 29.8 Å². The van der Waals surface area contributed by atoms with Gasteiger partial charge in [0.15, 0.2) is 0 Å². The van der Waals surface area contributed by atoms with Crippen LogP contribution in [-0.4, -0.2) is 20.2 Å². The zero-order valence-electron chi connectivity index (χ0n) is 12.7. The number of Topliss-reactive ketones (excluding diaryl/α,β-unsaturated/α-hetero) is 1. The van der Waals surface area contributed by atoms with Crippen molar-refractivity contribution in [1.82, 2.24) is 4.72 Å². The lowest BCUT2D eigenvalue weighted by Gasteiger charge is -2.18. The van der Waals surface area contributed by atoms with Crippen LogP contribution in [0.2, 0.25) is 0 Å². The molecule has 20 heavy (non-hydrogen) atoms. The van der Waals surface area contributed by atoms with Crippen LogP contribution in [0, 0.1) is 5.92 Å². The van der Waals surface area contributed by atoms with E-state index in [1.807, 2.05) is 13.8 Å². The Morgan fingerprint density at radius 3 is 1.90 bits per heavy atom. The first-order valence-electron chi connectivity index (χ1n) is 6.78. The van der Waals surface area contributed by atoms with Crippen molar-refractivity contribution in [2.45, 2.75) is 51.5 Å². The first-order valence-corrected chi connectivity index (χ1v) is 8.26. The molecule has 112 valence electrons. The number of ketones is 1. The Bertz CT molecular complexity index is 559. The van der Waals surface area contributed by atoms with Gasteiger partial charge in [0.05, 0.1) is 4.90 Å². The van der Waals surface area contributed by atoms with Crippen LogP contribution in [0.5, 0.6) is 0 Å². The minimum Gasteiger partial charge on any atom is -0.299 e. The molecule has 1 aromatic carbocycles. The standard InChI is InChI=1S/C15H23NO3S/c1-10(2)15(12(5)17)13-6-8-14(9-7-13)20(18,19)16-11(3)4/h6-11,15-16H,1-5H3. The van der Waals surface area contributed by atoms with Crippen molar-refractivity contribution in [3.63, 3.8) is 0 Å². The Kier molecular flexibility index (Phi) is 5.48. The largest absolute Gasteiger partial charge is 0.299 e. The number of hydrogen-bond donors (Lipinski definition) is 1. The number of carbonyl (C=O) groups excluding carboxylic acids is 1. The SMILES string of the molecule is CC(=O)C(c1ccc(S(=O)(=O)NC(C)C)cc1)C(C)C. The van der Waals surface area contributed by atoms with E-state index < -0.39 is 10.0 Å². The maximum Gasteiger partial charge on any atom is 0.240 e. The van der Waals surface area contributed by atoms with Gasteiger partial charge in [0, 0.05) is 12.0 Å². The van der Waals surface area contributed by atoms with E-state index in [0.717, 1.165) is 5.56 Å². The lowest BCUT2D eigenvalue weighted by atomic mass is 9.86. The lowest BCUT2D eigenvalue weighted by molar-refractivity contribution is -0.119. The molecule has 0 saturated heterocycles. The summed E-state index contributed by atoms with van der Waals surface area (Å²) in [6, 6.07) is 6.40. The van der Waals surface area contributed by atoms with Gasteiger partial charge in [-0.1, -0.05) is 26.0 Å². The average Bonchev–Trinajstić information content (AvgIpc) is 2.26. The van der Waals surface area contributed by atoms with E-state index in [-0.39, 0.29) is 28.6 Å². The molecular weight excluding hydrogens is 274 g/mol. The first kappa shape index (κ1) is 16.9. The molecule has 0 aliphatic carbocycles. The summed E-state index contributed by atoms with van der Waals surface area (Å²) in [6.07, 6.45) is 0. The Labute approximate surface area is 121 Å². The van der Waals surface area contributed by atoms with E-state index in [4.69, 9.17) is 0 Å². The molecule has 0 radical (unpaired) electrons. The highest BCUT2D eigenvalue weighted by atomic mass is 32.2. The summed E-state index contributed by atoms with van der Waals surface area (Å²) >= 11 is 0. The number of hydrogen-bond acceptors (Lipinski definition) is 3. The number of sulfonamides is 1. The van der Waals surface area contributed by atoms with E-state index >= 15 is 0 Å². The Hall–Kier alpha value is -1.20. The summed E-state index contributed by atoms with van der Waals surface area (Å²) in [4.78, 5) is 11.9. The van der Waals surface area contributed by atoms with Crippen LogP contribution < -0.4 is 4.72 Å². The fraction of sp³-hybridized carbons (Fsp3) is 0.533. The van der Waals surface area contributed by atoms with Crippen molar-refractivity contribution < 1.29 is 13.2 Å². The van der Waals surface area contributed by atoms with Crippen molar-refractivity contribution in [3.8, 4) is 0 Å². The third-order valence-electron chi connectivity index (χ3n) is 3.05. The lowest BCUT2D eigenvalue weighted by Crippen LogP contribution is -2.30. The molecule has 1 aromatic rings. The molecule has 4 nitrogen and oxygen atoms in total. The average molecular weight is 297 g/mol. The topological polar surface area (TPSA) is 63.2 Å². The summed E-state index contributed by atoms with van der Waals surface area (Å²) in [5.41, 5.74) is 0.857. The number of rotatable bonds is 6.